The van der Waals surface area contributed by atoms with Gasteiger partial charge in [0.05, 0.1) is 19.8 Å². The van der Waals surface area contributed by atoms with Gasteiger partial charge < -0.3 is 25.0 Å². The molecule has 130 valence electrons. The summed E-state index contributed by atoms with van der Waals surface area (Å²) in [5, 5.41) is 22.0. The summed E-state index contributed by atoms with van der Waals surface area (Å²) in [6.07, 6.45) is 0. The molecule has 1 aliphatic heterocycles. The van der Waals surface area contributed by atoms with E-state index in [0.29, 0.717) is 26.2 Å². The first-order chi connectivity index (χ1) is 10.9. The normalized spacial score (nSPS) is 17.8. The van der Waals surface area contributed by atoms with E-state index in [4.69, 9.17) is 9.47 Å². The molecule has 1 aromatic rings. The SMILES string of the molecule is COc1cc(O)cc(OC)c1[C@H](N1CCNCC1)C(F)(F)CO. The van der Waals surface area contributed by atoms with Gasteiger partial charge in [-0.05, 0) is 0 Å². The zero-order valence-corrected chi connectivity index (χ0v) is 13.2. The molecule has 1 saturated heterocycles. The highest BCUT2D eigenvalue weighted by Gasteiger charge is 2.47. The number of methoxy groups -OCH3 is 2. The number of aliphatic hydroxyl groups excluding tert-OH is 1. The lowest BCUT2D eigenvalue weighted by atomic mass is 9.96. The average Bonchev–Trinajstić information content (AvgIpc) is 2.56. The van der Waals surface area contributed by atoms with E-state index in [1.54, 1.807) is 4.90 Å². The second kappa shape index (κ2) is 7.29. The van der Waals surface area contributed by atoms with E-state index in [1.807, 2.05) is 0 Å². The highest BCUT2D eigenvalue weighted by atomic mass is 19.3. The molecule has 0 saturated carbocycles. The number of phenols is 1. The number of benzene rings is 1. The fourth-order valence-electron chi connectivity index (χ4n) is 2.88. The van der Waals surface area contributed by atoms with Crippen LogP contribution in [0.4, 0.5) is 8.78 Å². The number of piperazine rings is 1. The van der Waals surface area contributed by atoms with Gasteiger partial charge >= 0.3 is 0 Å². The van der Waals surface area contributed by atoms with Gasteiger partial charge in [0.15, 0.2) is 0 Å². The second-order valence-electron chi connectivity index (χ2n) is 5.37. The van der Waals surface area contributed by atoms with Crippen LogP contribution >= 0.6 is 0 Å². The van der Waals surface area contributed by atoms with Crippen LogP contribution in [-0.4, -0.2) is 68.0 Å². The second-order valence-corrected chi connectivity index (χ2v) is 5.37. The molecular formula is C15H22F2N2O4. The standard InChI is InChI=1S/C15H22F2N2O4/c1-22-11-7-10(21)8-12(23-2)13(11)14(15(16,17)9-20)19-5-3-18-4-6-19/h7-8,14,18,20-21H,3-6,9H2,1-2H3/t14-/m0/s1. The number of hydrogen-bond donors (Lipinski definition) is 3. The Labute approximate surface area is 133 Å². The summed E-state index contributed by atoms with van der Waals surface area (Å²) >= 11 is 0. The number of aliphatic hydroxyl groups is 1. The molecular weight excluding hydrogens is 310 g/mol. The van der Waals surface area contributed by atoms with E-state index >= 15 is 0 Å². The van der Waals surface area contributed by atoms with Gasteiger partial charge in [-0.2, -0.15) is 0 Å². The summed E-state index contributed by atoms with van der Waals surface area (Å²) in [6, 6.07) is 1.11. The molecule has 6 nitrogen and oxygen atoms in total. The molecule has 1 aromatic carbocycles. The van der Waals surface area contributed by atoms with Gasteiger partial charge in [-0.25, -0.2) is 8.78 Å². The van der Waals surface area contributed by atoms with Crippen molar-refractivity contribution < 1.29 is 28.5 Å². The molecule has 1 atom stereocenters. The van der Waals surface area contributed by atoms with Crippen LogP contribution < -0.4 is 14.8 Å². The molecule has 0 unspecified atom stereocenters. The third kappa shape index (κ3) is 3.65. The number of phenolic OH excluding ortho intramolecular Hbond substituents is 1. The summed E-state index contributed by atoms with van der Waals surface area (Å²) in [5.41, 5.74) is 0.119. The minimum atomic E-state index is -3.39. The molecule has 0 aromatic heterocycles. The van der Waals surface area contributed by atoms with Crippen molar-refractivity contribution in [2.75, 3.05) is 47.0 Å². The topological polar surface area (TPSA) is 74.2 Å². The molecule has 23 heavy (non-hydrogen) atoms. The monoisotopic (exact) mass is 332 g/mol. The van der Waals surface area contributed by atoms with Crippen molar-refractivity contribution >= 4 is 0 Å². The number of rotatable bonds is 6. The number of ether oxygens (including phenoxy) is 2. The molecule has 2 rings (SSSR count). The van der Waals surface area contributed by atoms with Gasteiger partial charge in [0.1, 0.15) is 29.9 Å². The lowest BCUT2D eigenvalue weighted by Gasteiger charge is -2.39. The number of aromatic hydroxyl groups is 1. The summed E-state index contributed by atoms with van der Waals surface area (Å²) < 4.78 is 39.4. The Morgan fingerprint density at radius 2 is 1.74 bits per heavy atom. The maximum atomic E-state index is 14.5. The summed E-state index contributed by atoms with van der Waals surface area (Å²) in [6.45, 7) is 0.636. The molecule has 0 radical (unpaired) electrons. The predicted octanol–water partition coefficient (Wildman–Crippen LogP) is 0.983. The Bertz CT molecular complexity index is 511. The molecule has 3 N–H and O–H groups in total. The quantitative estimate of drug-likeness (QED) is 0.721. The Morgan fingerprint density at radius 3 is 2.17 bits per heavy atom. The van der Waals surface area contributed by atoms with Gasteiger partial charge in [-0.15, -0.1) is 0 Å². The van der Waals surface area contributed by atoms with Crippen molar-refractivity contribution in [3.63, 3.8) is 0 Å². The predicted molar refractivity (Wildman–Crippen MR) is 80.4 cm³/mol. The Kier molecular flexibility index (Phi) is 5.61. The van der Waals surface area contributed by atoms with Crippen LogP contribution in [0.1, 0.15) is 11.6 Å². The summed E-state index contributed by atoms with van der Waals surface area (Å²) in [7, 11) is 2.67. The third-order valence-electron chi connectivity index (χ3n) is 3.93. The molecule has 0 aliphatic carbocycles. The minimum absolute atomic E-state index is 0.0958. The highest BCUT2D eigenvalue weighted by molar-refractivity contribution is 5.52. The van der Waals surface area contributed by atoms with Crippen LogP contribution in [0.15, 0.2) is 12.1 Å². The van der Waals surface area contributed by atoms with Crippen LogP contribution in [0.3, 0.4) is 0 Å². The molecule has 1 heterocycles. The fourth-order valence-corrected chi connectivity index (χ4v) is 2.88. The molecule has 0 spiro atoms. The van der Waals surface area contributed by atoms with Crippen molar-refractivity contribution in [1.82, 2.24) is 10.2 Å². The van der Waals surface area contributed by atoms with Gasteiger partial charge in [-0.1, -0.05) is 0 Å². The van der Waals surface area contributed by atoms with E-state index in [1.165, 1.54) is 26.4 Å². The van der Waals surface area contributed by atoms with Gasteiger partial charge in [0, 0.05) is 38.3 Å². The van der Waals surface area contributed by atoms with Crippen LogP contribution in [0.25, 0.3) is 0 Å². The van der Waals surface area contributed by atoms with Gasteiger partial charge in [0.25, 0.3) is 5.92 Å². The summed E-state index contributed by atoms with van der Waals surface area (Å²) in [5.74, 6) is -3.35. The van der Waals surface area contributed by atoms with E-state index in [9.17, 15) is 19.0 Å². The van der Waals surface area contributed by atoms with E-state index in [2.05, 4.69) is 5.32 Å². The van der Waals surface area contributed by atoms with Crippen molar-refractivity contribution in [3.8, 4) is 17.2 Å². The number of nitrogens with zero attached hydrogens (tertiary/aromatic N) is 1. The van der Waals surface area contributed by atoms with Gasteiger partial charge in [-0.3, -0.25) is 4.90 Å². The maximum absolute atomic E-state index is 14.5. The van der Waals surface area contributed by atoms with Crippen LogP contribution in [-0.2, 0) is 0 Å². The molecule has 0 amide bonds. The number of hydrogen-bond acceptors (Lipinski definition) is 6. The zero-order chi connectivity index (χ0) is 17.0. The number of halogens is 2. The average molecular weight is 332 g/mol. The van der Waals surface area contributed by atoms with Crippen molar-refractivity contribution in [2.45, 2.75) is 12.0 Å². The Hall–Kier alpha value is -1.64. The first-order valence-electron chi connectivity index (χ1n) is 7.33. The number of alkyl halides is 2. The lowest BCUT2D eigenvalue weighted by Crippen LogP contribution is -2.51. The first kappa shape index (κ1) is 17.7. The van der Waals surface area contributed by atoms with E-state index < -0.39 is 18.6 Å². The zero-order valence-electron chi connectivity index (χ0n) is 13.2. The van der Waals surface area contributed by atoms with Gasteiger partial charge in [0.2, 0.25) is 0 Å². The minimum Gasteiger partial charge on any atom is -0.508 e. The maximum Gasteiger partial charge on any atom is 0.290 e. The van der Waals surface area contributed by atoms with Crippen LogP contribution in [0.5, 0.6) is 17.2 Å². The van der Waals surface area contributed by atoms with E-state index in [0.717, 1.165) is 0 Å². The van der Waals surface area contributed by atoms with Crippen molar-refractivity contribution in [1.29, 1.82) is 0 Å². The van der Waals surface area contributed by atoms with E-state index in [-0.39, 0.29) is 22.8 Å². The lowest BCUT2D eigenvalue weighted by molar-refractivity contribution is -0.119. The molecule has 1 aliphatic rings. The largest absolute Gasteiger partial charge is 0.508 e. The summed E-state index contributed by atoms with van der Waals surface area (Å²) in [4.78, 5) is 1.59. The Morgan fingerprint density at radius 1 is 1.22 bits per heavy atom. The molecule has 8 heteroatoms. The third-order valence-corrected chi connectivity index (χ3v) is 3.93. The Balaban J connectivity index is 2.58. The highest BCUT2D eigenvalue weighted by Crippen LogP contribution is 2.46. The first-order valence-corrected chi connectivity index (χ1v) is 7.33. The van der Waals surface area contributed by atoms with Crippen LogP contribution in [0.2, 0.25) is 0 Å². The molecule has 1 fully saturated rings. The number of nitrogens with one attached hydrogen (secondary N) is 1. The fraction of sp³-hybridized carbons (Fsp3) is 0.600. The smallest absolute Gasteiger partial charge is 0.290 e. The van der Waals surface area contributed by atoms with Crippen molar-refractivity contribution in [2.24, 2.45) is 0 Å². The van der Waals surface area contributed by atoms with Crippen LogP contribution in [0, 0.1) is 0 Å². The van der Waals surface area contributed by atoms with Crippen molar-refractivity contribution in [3.05, 3.63) is 17.7 Å². The molecule has 0 bridgehead atoms.